The first-order valence-corrected chi connectivity index (χ1v) is 8.59. The molecule has 0 unspecified atom stereocenters. The molecule has 0 amide bonds. The van der Waals surface area contributed by atoms with Crippen LogP contribution in [0.5, 0.6) is 0 Å². The van der Waals surface area contributed by atoms with Crippen LogP contribution in [0, 0.1) is 0 Å². The minimum Gasteiger partial charge on any atom is -0.351 e. The summed E-state index contributed by atoms with van der Waals surface area (Å²) in [4.78, 5) is 12.9. The standard InChI is InChI=1S/C13H13F3N6S2/c1-17-11(18-4-8-6-22-2-3-23-12(22)20-8)19-5-10-21-9(7-24-10)13(14,15)16/h2-3,6-7H,4-5H2,1H3,(H2,17,18,19). The number of rotatable bonds is 4. The largest absolute Gasteiger partial charge is 0.434 e. The van der Waals surface area contributed by atoms with Crippen molar-refractivity contribution >= 4 is 33.6 Å². The van der Waals surface area contributed by atoms with Gasteiger partial charge in [0.05, 0.1) is 18.8 Å². The van der Waals surface area contributed by atoms with E-state index in [-0.39, 0.29) is 6.54 Å². The van der Waals surface area contributed by atoms with Crippen molar-refractivity contribution in [1.82, 2.24) is 25.0 Å². The Labute approximate surface area is 143 Å². The highest BCUT2D eigenvalue weighted by atomic mass is 32.1. The van der Waals surface area contributed by atoms with Gasteiger partial charge in [-0.25, -0.2) is 9.97 Å². The van der Waals surface area contributed by atoms with E-state index in [1.54, 1.807) is 7.05 Å². The molecule has 3 rings (SSSR count). The van der Waals surface area contributed by atoms with Crippen LogP contribution in [0.2, 0.25) is 0 Å². The Kier molecular flexibility index (Phi) is 4.71. The summed E-state index contributed by atoms with van der Waals surface area (Å²) in [6, 6.07) is 0. The Hall–Kier alpha value is -2.14. The number of imidazole rings is 1. The van der Waals surface area contributed by atoms with Crippen molar-refractivity contribution in [3.05, 3.63) is 39.5 Å². The predicted molar refractivity (Wildman–Crippen MR) is 87.2 cm³/mol. The maximum absolute atomic E-state index is 12.5. The molecule has 0 fully saturated rings. The molecule has 3 aromatic heterocycles. The van der Waals surface area contributed by atoms with Crippen LogP contribution in [0.1, 0.15) is 16.4 Å². The summed E-state index contributed by atoms with van der Waals surface area (Å²) in [5.41, 5.74) is -0.0243. The lowest BCUT2D eigenvalue weighted by Gasteiger charge is -2.09. The van der Waals surface area contributed by atoms with Gasteiger partial charge < -0.3 is 10.6 Å². The molecule has 128 valence electrons. The zero-order valence-corrected chi connectivity index (χ0v) is 14.1. The molecule has 0 bridgehead atoms. The number of thiazole rings is 2. The lowest BCUT2D eigenvalue weighted by Crippen LogP contribution is -2.36. The van der Waals surface area contributed by atoms with E-state index in [1.807, 2.05) is 22.2 Å². The minimum atomic E-state index is -4.41. The van der Waals surface area contributed by atoms with Crippen molar-refractivity contribution in [3.63, 3.8) is 0 Å². The van der Waals surface area contributed by atoms with Gasteiger partial charge in [0.15, 0.2) is 16.6 Å². The number of halogens is 3. The Morgan fingerprint density at radius 1 is 1.25 bits per heavy atom. The topological polar surface area (TPSA) is 66.6 Å². The molecule has 0 radical (unpaired) electrons. The Morgan fingerprint density at radius 3 is 2.71 bits per heavy atom. The number of alkyl halides is 3. The zero-order chi connectivity index (χ0) is 17.2. The van der Waals surface area contributed by atoms with Crippen LogP contribution in [0.15, 0.2) is 28.1 Å². The van der Waals surface area contributed by atoms with Gasteiger partial charge >= 0.3 is 6.18 Å². The third kappa shape index (κ3) is 3.85. The second kappa shape index (κ2) is 6.77. The molecular formula is C13H13F3N6S2. The number of nitrogens with one attached hydrogen (secondary N) is 2. The summed E-state index contributed by atoms with van der Waals surface area (Å²) in [6.07, 6.45) is -0.588. The molecule has 0 spiro atoms. The summed E-state index contributed by atoms with van der Waals surface area (Å²) in [7, 11) is 1.59. The van der Waals surface area contributed by atoms with Crippen molar-refractivity contribution < 1.29 is 13.2 Å². The van der Waals surface area contributed by atoms with E-state index < -0.39 is 11.9 Å². The van der Waals surface area contributed by atoms with E-state index in [0.29, 0.717) is 17.5 Å². The van der Waals surface area contributed by atoms with Gasteiger partial charge in [-0.3, -0.25) is 9.39 Å². The number of guanidine groups is 1. The number of nitrogens with zero attached hydrogens (tertiary/aromatic N) is 4. The minimum absolute atomic E-state index is 0.165. The summed E-state index contributed by atoms with van der Waals surface area (Å²) in [5.74, 6) is 0.468. The lowest BCUT2D eigenvalue weighted by molar-refractivity contribution is -0.140. The molecule has 2 N–H and O–H groups in total. The molecule has 0 atom stereocenters. The molecule has 0 saturated carbocycles. The number of aromatic nitrogens is 3. The number of fused-ring (bicyclic) bond motifs is 1. The highest BCUT2D eigenvalue weighted by Gasteiger charge is 2.33. The normalized spacial score (nSPS) is 12.8. The Balaban J connectivity index is 1.53. The van der Waals surface area contributed by atoms with Crippen LogP contribution in [0.4, 0.5) is 13.2 Å². The highest BCUT2D eigenvalue weighted by Crippen LogP contribution is 2.29. The van der Waals surface area contributed by atoms with Gasteiger partial charge in [-0.1, -0.05) is 0 Å². The fourth-order valence-corrected chi connectivity index (χ4v) is 3.40. The van der Waals surface area contributed by atoms with E-state index in [1.165, 1.54) is 11.3 Å². The molecule has 0 aliphatic carbocycles. The molecule has 0 aliphatic heterocycles. The quantitative estimate of drug-likeness (QED) is 0.544. The number of hydrogen-bond acceptors (Lipinski definition) is 5. The third-order valence-corrected chi connectivity index (χ3v) is 4.67. The molecule has 3 heterocycles. The van der Waals surface area contributed by atoms with Crippen molar-refractivity contribution in [1.29, 1.82) is 0 Å². The molecule has 24 heavy (non-hydrogen) atoms. The Morgan fingerprint density at radius 2 is 2.04 bits per heavy atom. The van der Waals surface area contributed by atoms with Crippen LogP contribution >= 0.6 is 22.7 Å². The van der Waals surface area contributed by atoms with E-state index in [2.05, 4.69) is 25.6 Å². The van der Waals surface area contributed by atoms with E-state index in [0.717, 1.165) is 27.4 Å². The van der Waals surface area contributed by atoms with Gasteiger partial charge in [0, 0.05) is 30.2 Å². The van der Waals surface area contributed by atoms with Gasteiger partial charge in [-0.2, -0.15) is 13.2 Å². The van der Waals surface area contributed by atoms with Crippen molar-refractivity contribution in [3.8, 4) is 0 Å². The molecule has 11 heteroatoms. The van der Waals surface area contributed by atoms with Crippen molar-refractivity contribution in [2.75, 3.05) is 7.05 Å². The molecule has 0 aromatic carbocycles. The van der Waals surface area contributed by atoms with E-state index in [9.17, 15) is 13.2 Å². The van der Waals surface area contributed by atoms with E-state index >= 15 is 0 Å². The van der Waals surface area contributed by atoms with Crippen LogP contribution < -0.4 is 10.6 Å². The second-order valence-electron chi connectivity index (χ2n) is 4.73. The van der Waals surface area contributed by atoms with Gasteiger partial charge in [-0.05, 0) is 0 Å². The molecule has 0 saturated heterocycles. The van der Waals surface area contributed by atoms with Crippen molar-refractivity contribution in [2.24, 2.45) is 4.99 Å². The van der Waals surface area contributed by atoms with Crippen LogP contribution in [0.3, 0.4) is 0 Å². The summed E-state index contributed by atoms with van der Waals surface area (Å²) in [5, 5.41) is 9.30. The highest BCUT2D eigenvalue weighted by molar-refractivity contribution is 7.15. The van der Waals surface area contributed by atoms with E-state index in [4.69, 9.17) is 0 Å². The smallest absolute Gasteiger partial charge is 0.351 e. The zero-order valence-electron chi connectivity index (χ0n) is 12.5. The maximum atomic E-state index is 12.5. The Bertz CT molecular complexity index is 819. The van der Waals surface area contributed by atoms with Gasteiger partial charge in [0.1, 0.15) is 5.01 Å². The monoisotopic (exact) mass is 374 g/mol. The first-order valence-electron chi connectivity index (χ1n) is 6.83. The first-order chi connectivity index (χ1) is 11.5. The van der Waals surface area contributed by atoms with Crippen LogP contribution in [0.25, 0.3) is 4.96 Å². The summed E-state index contributed by atoms with van der Waals surface area (Å²) >= 11 is 2.50. The van der Waals surface area contributed by atoms with Crippen LogP contribution in [-0.4, -0.2) is 27.4 Å². The molecule has 6 nitrogen and oxygen atoms in total. The SMILES string of the molecule is CN=C(NCc1cn2ccsc2n1)NCc1nc(C(F)(F)F)cs1. The third-order valence-electron chi connectivity index (χ3n) is 3.05. The number of aliphatic imine (C=N–C) groups is 1. The first kappa shape index (κ1) is 16.7. The average Bonchev–Trinajstić information content (AvgIpc) is 3.21. The maximum Gasteiger partial charge on any atom is 0.434 e. The molecule has 3 aromatic rings. The summed E-state index contributed by atoms with van der Waals surface area (Å²) < 4.78 is 39.5. The second-order valence-corrected chi connectivity index (χ2v) is 6.54. The van der Waals surface area contributed by atoms with Gasteiger partial charge in [-0.15, -0.1) is 22.7 Å². The number of hydrogen-bond donors (Lipinski definition) is 2. The fraction of sp³-hybridized carbons (Fsp3) is 0.308. The fourth-order valence-electron chi connectivity index (χ4n) is 1.94. The average molecular weight is 374 g/mol. The lowest BCUT2D eigenvalue weighted by atomic mass is 10.5. The van der Waals surface area contributed by atoms with Crippen molar-refractivity contribution in [2.45, 2.75) is 19.3 Å². The molecular weight excluding hydrogens is 361 g/mol. The van der Waals surface area contributed by atoms with Gasteiger partial charge in [0.2, 0.25) is 0 Å². The summed E-state index contributed by atoms with van der Waals surface area (Å²) in [6.45, 7) is 0.623. The molecule has 0 aliphatic rings. The van der Waals surface area contributed by atoms with Gasteiger partial charge in [0.25, 0.3) is 0 Å². The van der Waals surface area contributed by atoms with Crippen LogP contribution in [-0.2, 0) is 19.3 Å². The predicted octanol–water partition coefficient (Wildman–Crippen LogP) is 2.74.